The van der Waals surface area contributed by atoms with E-state index < -0.39 is 0 Å². The third-order valence-electron chi connectivity index (χ3n) is 3.78. The molecule has 1 aliphatic rings. The van der Waals surface area contributed by atoms with Gasteiger partial charge in [-0.2, -0.15) is 0 Å². The van der Waals surface area contributed by atoms with Crippen LogP contribution in [0.15, 0.2) is 45.3 Å². The fourth-order valence-corrected chi connectivity index (χ4v) is 3.08. The fraction of sp³-hybridized carbons (Fsp3) is 0.375. The van der Waals surface area contributed by atoms with Gasteiger partial charge in [0.1, 0.15) is 11.5 Å². The molecule has 0 aliphatic carbocycles. The summed E-state index contributed by atoms with van der Waals surface area (Å²) >= 11 is 3.48. The summed E-state index contributed by atoms with van der Waals surface area (Å²) in [5.41, 5.74) is 1.08. The lowest BCUT2D eigenvalue weighted by molar-refractivity contribution is 0.216. The monoisotopic (exact) mass is 335 g/mol. The lowest BCUT2D eigenvalue weighted by Gasteiger charge is -2.13. The number of halogens is 1. The van der Waals surface area contributed by atoms with E-state index in [0.717, 1.165) is 47.6 Å². The average molecular weight is 336 g/mol. The highest BCUT2D eigenvalue weighted by Gasteiger charge is 2.22. The standard InChI is InChI=1S/C16H18BrNO2/c17-14-3-1-2-13(8-14)16-5-4-15(20-16)10-18-7-6-12(9-18)11-19/h1-5,8,12,19H,6-7,9-11H2. The van der Waals surface area contributed by atoms with Gasteiger partial charge in [-0.1, -0.05) is 28.1 Å². The molecule has 4 heteroatoms. The zero-order valence-electron chi connectivity index (χ0n) is 11.3. The molecule has 0 saturated carbocycles. The molecule has 1 fully saturated rings. The van der Waals surface area contributed by atoms with Gasteiger partial charge in [-0.25, -0.2) is 0 Å². The summed E-state index contributed by atoms with van der Waals surface area (Å²) in [5, 5.41) is 9.17. The summed E-state index contributed by atoms with van der Waals surface area (Å²) in [7, 11) is 0. The smallest absolute Gasteiger partial charge is 0.134 e. The quantitative estimate of drug-likeness (QED) is 0.928. The molecule has 1 saturated heterocycles. The van der Waals surface area contributed by atoms with Gasteiger partial charge in [0.25, 0.3) is 0 Å². The predicted molar refractivity (Wildman–Crippen MR) is 82.3 cm³/mol. The third-order valence-corrected chi connectivity index (χ3v) is 4.27. The maximum absolute atomic E-state index is 9.17. The Hall–Kier alpha value is -1.10. The number of hydrogen-bond donors (Lipinski definition) is 1. The topological polar surface area (TPSA) is 36.6 Å². The van der Waals surface area contributed by atoms with Crippen molar-refractivity contribution in [3.8, 4) is 11.3 Å². The van der Waals surface area contributed by atoms with E-state index in [1.165, 1.54) is 0 Å². The third kappa shape index (κ3) is 3.14. The maximum atomic E-state index is 9.17. The molecule has 0 radical (unpaired) electrons. The second kappa shape index (κ2) is 6.12. The Bertz CT molecular complexity index is 581. The first-order valence-electron chi connectivity index (χ1n) is 6.92. The number of aliphatic hydroxyl groups is 1. The van der Waals surface area contributed by atoms with Crippen LogP contribution in [-0.4, -0.2) is 29.7 Å². The van der Waals surface area contributed by atoms with Gasteiger partial charge in [-0.15, -0.1) is 0 Å². The summed E-state index contributed by atoms with van der Waals surface area (Å²) in [6.07, 6.45) is 1.08. The van der Waals surface area contributed by atoms with E-state index in [1.807, 2.05) is 30.3 Å². The number of hydrogen-bond acceptors (Lipinski definition) is 3. The zero-order chi connectivity index (χ0) is 13.9. The van der Waals surface area contributed by atoms with Crippen molar-refractivity contribution in [2.24, 2.45) is 5.92 Å². The first-order valence-corrected chi connectivity index (χ1v) is 7.72. The van der Waals surface area contributed by atoms with Crippen molar-refractivity contribution >= 4 is 15.9 Å². The highest BCUT2D eigenvalue weighted by atomic mass is 79.9. The van der Waals surface area contributed by atoms with Crippen molar-refractivity contribution in [1.29, 1.82) is 0 Å². The van der Waals surface area contributed by atoms with Gasteiger partial charge in [-0.3, -0.25) is 4.90 Å². The van der Waals surface area contributed by atoms with Crippen molar-refractivity contribution in [3.05, 3.63) is 46.6 Å². The number of aliphatic hydroxyl groups excluding tert-OH is 1. The Balaban J connectivity index is 1.68. The fourth-order valence-electron chi connectivity index (χ4n) is 2.69. The van der Waals surface area contributed by atoms with Crippen molar-refractivity contribution in [1.82, 2.24) is 4.90 Å². The van der Waals surface area contributed by atoms with Crippen LogP contribution in [0.5, 0.6) is 0 Å². The second-order valence-corrected chi connectivity index (χ2v) is 6.26. The number of rotatable bonds is 4. The van der Waals surface area contributed by atoms with E-state index >= 15 is 0 Å². The largest absolute Gasteiger partial charge is 0.460 e. The summed E-state index contributed by atoms with van der Waals surface area (Å²) in [4.78, 5) is 2.34. The van der Waals surface area contributed by atoms with E-state index in [2.05, 4.69) is 26.9 Å². The highest BCUT2D eigenvalue weighted by Crippen LogP contribution is 2.26. The van der Waals surface area contributed by atoms with Crippen molar-refractivity contribution in [2.45, 2.75) is 13.0 Å². The molecular formula is C16H18BrNO2. The number of likely N-dealkylation sites (tertiary alicyclic amines) is 1. The van der Waals surface area contributed by atoms with Crippen LogP contribution in [0.3, 0.4) is 0 Å². The molecule has 1 aliphatic heterocycles. The Labute approximate surface area is 127 Å². The number of furan rings is 1. The van der Waals surface area contributed by atoms with Crippen molar-refractivity contribution in [2.75, 3.05) is 19.7 Å². The van der Waals surface area contributed by atoms with Gasteiger partial charge >= 0.3 is 0 Å². The van der Waals surface area contributed by atoms with Gasteiger partial charge in [0.2, 0.25) is 0 Å². The summed E-state index contributed by atoms with van der Waals surface area (Å²) in [6.45, 7) is 3.12. The molecule has 0 spiro atoms. The first-order chi connectivity index (χ1) is 9.74. The lowest BCUT2D eigenvalue weighted by Crippen LogP contribution is -2.20. The minimum atomic E-state index is 0.290. The Morgan fingerprint density at radius 2 is 2.20 bits per heavy atom. The van der Waals surface area contributed by atoms with Crippen LogP contribution in [0, 0.1) is 5.92 Å². The summed E-state index contributed by atoms with van der Waals surface area (Å²) in [5.74, 6) is 2.31. The highest BCUT2D eigenvalue weighted by molar-refractivity contribution is 9.10. The number of nitrogens with zero attached hydrogens (tertiary/aromatic N) is 1. The normalized spacial score (nSPS) is 19.6. The molecule has 2 aromatic rings. The van der Waals surface area contributed by atoms with Crippen LogP contribution in [0.4, 0.5) is 0 Å². The molecule has 1 atom stereocenters. The molecule has 3 nitrogen and oxygen atoms in total. The zero-order valence-corrected chi connectivity index (χ0v) is 12.8. The van der Waals surface area contributed by atoms with Gasteiger partial charge in [0, 0.05) is 23.2 Å². The van der Waals surface area contributed by atoms with Gasteiger partial charge < -0.3 is 9.52 Å². The first kappa shape index (κ1) is 13.9. The Morgan fingerprint density at radius 1 is 1.30 bits per heavy atom. The summed E-state index contributed by atoms with van der Waals surface area (Å²) in [6, 6.07) is 12.2. The van der Waals surface area contributed by atoms with E-state index in [-0.39, 0.29) is 6.61 Å². The van der Waals surface area contributed by atoms with Crippen molar-refractivity contribution < 1.29 is 9.52 Å². The van der Waals surface area contributed by atoms with Crippen molar-refractivity contribution in [3.63, 3.8) is 0 Å². The van der Waals surface area contributed by atoms with E-state index in [0.29, 0.717) is 5.92 Å². The minimum Gasteiger partial charge on any atom is -0.460 e. The molecule has 1 unspecified atom stereocenters. The minimum absolute atomic E-state index is 0.290. The second-order valence-electron chi connectivity index (χ2n) is 5.35. The molecule has 0 bridgehead atoms. The Morgan fingerprint density at radius 3 is 2.95 bits per heavy atom. The molecule has 2 heterocycles. The van der Waals surface area contributed by atoms with Crippen LogP contribution in [0.1, 0.15) is 12.2 Å². The average Bonchev–Trinajstić information content (AvgIpc) is 3.08. The molecule has 1 aromatic heterocycles. The Kier molecular flexibility index (Phi) is 4.24. The van der Waals surface area contributed by atoms with Crippen LogP contribution < -0.4 is 0 Å². The van der Waals surface area contributed by atoms with Crippen LogP contribution >= 0.6 is 15.9 Å². The van der Waals surface area contributed by atoms with Gasteiger partial charge in [0.05, 0.1) is 6.54 Å². The molecule has 3 rings (SSSR count). The lowest BCUT2D eigenvalue weighted by atomic mass is 10.1. The van der Waals surface area contributed by atoms with E-state index in [4.69, 9.17) is 4.42 Å². The van der Waals surface area contributed by atoms with Gasteiger partial charge in [-0.05, 0) is 43.1 Å². The maximum Gasteiger partial charge on any atom is 0.134 e. The van der Waals surface area contributed by atoms with Crippen LogP contribution in [0.25, 0.3) is 11.3 Å². The van der Waals surface area contributed by atoms with E-state index in [9.17, 15) is 5.11 Å². The molecule has 0 amide bonds. The molecule has 1 aromatic carbocycles. The number of benzene rings is 1. The molecule has 106 valence electrons. The predicted octanol–water partition coefficient (Wildman–Crippen LogP) is 3.52. The van der Waals surface area contributed by atoms with Crippen LogP contribution in [0.2, 0.25) is 0 Å². The summed E-state index contributed by atoms with van der Waals surface area (Å²) < 4.78 is 6.98. The SMILES string of the molecule is OCC1CCN(Cc2ccc(-c3cccc(Br)c3)o2)C1. The molecule has 1 N–H and O–H groups in total. The van der Waals surface area contributed by atoms with Crippen LogP contribution in [-0.2, 0) is 6.54 Å². The van der Waals surface area contributed by atoms with E-state index in [1.54, 1.807) is 0 Å². The van der Waals surface area contributed by atoms with Gasteiger partial charge in [0.15, 0.2) is 0 Å². The molecule has 20 heavy (non-hydrogen) atoms. The molecular weight excluding hydrogens is 318 g/mol.